The molecule has 0 aliphatic carbocycles. The molecule has 1 atom stereocenters. The largest absolute Gasteiger partial charge is 0.464 e. The average molecular weight is 405 g/mol. The fourth-order valence-electron chi connectivity index (χ4n) is 2.20. The number of rotatable bonds is 7. The van der Waals surface area contributed by atoms with Crippen molar-refractivity contribution in [3.63, 3.8) is 0 Å². The van der Waals surface area contributed by atoms with Gasteiger partial charge in [-0.25, -0.2) is 8.42 Å². The number of carbonyl (C=O) groups excluding carboxylic acids is 1. The number of benzene rings is 1. The van der Waals surface area contributed by atoms with Crippen LogP contribution in [0.4, 0.5) is 13.2 Å². The minimum atomic E-state index is -4.59. The smallest absolute Gasteiger partial charge is 0.433 e. The van der Waals surface area contributed by atoms with Crippen molar-refractivity contribution >= 4 is 16.0 Å². The van der Waals surface area contributed by atoms with E-state index in [1.165, 1.54) is 19.1 Å². The van der Waals surface area contributed by atoms with Crippen molar-refractivity contribution in [2.75, 3.05) is 6.61 Å². The monoisotopic (exact) mass is 405 g/mol. The zero-order chi connectivity index (χ0) is 20.2. The number of sulfonamides is 1. The maximum Gasteiger partial charge on any atom is 0.433 e. The Morgan fingerprint density at radius 2 is 1.93 bits per heavy atom. The molecule has 0 saturated carbocycles. The number of nitrogens with one attached hydrogen (secondary N) is 2. The molecule has 2 N–H and O–H groups in total. The fourth-order valence-corrected chi connectivity index (χ4v) is 3.39. The van der Waals surface area contributed by atoms with Crippen LogP contribution in [0.15, 0.2) is 35.4 Å². The summed E-state index contributed by atoms with van der Waals surface area (Å²) in [4.78, 5) is 11.9. The quantitative estimate of drug-likeness (QED) is 0.688. The second kappa shape index (κ2) is 8.09. The number of esters is 1. The van der Waals surface area contributed by atoms with Crippen LogP contribution in [0.3, 0.4) is 0 Å². The first-order chi connectivity index (χ1) is 12.5. The summed E-state index contributed by atoms with van der Waals surface area (Å²) in [7, 11) is -3.93. The topological polar surface area (TPSA) is 101 Å². The zero-order valence-electron chi connectivity index (χ0n) is 14.5. The highest BCUT2D eigenvalue weighted by Crippen LogP contribution is 2.30. The zero-order valence-corrected chi connectivity index (χ0v) is 15.3. The molecule has 0 aliphatic rings. The van der Waals surface area contributed by atoms with Gasteiger partial charge in [0.15, 0.2) is 0 Å². The van der Waals surface area contributed by atoms with Gasteiger partial charge in [-0.2, -0.15) is 23.0 Å². The Morgan fingerprint density at radius 1 is 1.30 bits per heavy atom. The van der Waals surface area contributed by atoms with Crippen molar-refractivity contribution in [3.05, 3.63) is 47.3 Å². The van der Waals surface area contributed by atoms with Gasteiger partial charge in [0.2, 0.25) is 10.0 Å². The van der Waals surface area contributed by atoms with Crippen LogP contribution in [-0.2, 0) is 32.2 Å². The predicted octanol–water partition coefficient (Wildman–Crippen LogP) is 2.19. The highest BCUT2D eigenvalue weighted by Gasteiger charge is 2.35. The van der Waals surface area contributed by atoms with E-state index in [1.807, 2.05) is 5.10 Å². The molecule has 0 amide bonds. The summed E-state index contributed by atoms with van der Waals surface area (Å²) in [6, 6.07) is 4.81. The Hall–Kier alpha value is -2.40. The van der Waals surface area contributed by atoms with Gasteiger partial charge >= 0.3 is 12.1 Å². The molecule has 0 radical (unpaired) electrons. The van der Waals surface area contributed by atoms with Crippen LogP contribution in [0.5, 0.6) is 0 Å². The number of nitrogens with zero attached hydrogens (tertiary/aromatic N) is 1. The highest BCUT2D eigenvalue weighted by atomic mass is 32.2. The van der Waals surface area contributed by atoms with Crippen molar-refractivity contribution < 1.29 is 31.1 Å². The summed E-state index contributed by atoms with van der Waals surface area (Å²) in [5.74, 6) is -0.900. The van der Waals surface area contributed by atoms with Crippen molar-refractivity contribution in [3.8, 4) is 0 Å². The van der Waals surface area contributed by atoms with Crippen molar-refractivity contribution in [2.24, 2.45) is 0 Å². The van der Waals surface area contributed by atoms with E-state index in [9.17, 15) is 26.4 Å². The number of H-pyrrole nitrogens is 1. The minimum absolute atomic E-state index is 0.0130. The van der Waals surface area contributed by atoms with Crippen molar-refractivity contribution in [2.45, 2.75) is 37.4 Å². The lowest BCUT2D eigenvalue weighted by Gasteiger charge is -2.14. The normalized spacial score (nSPS) is 13.4. The van der Waals surface area contributed by atoms with Gasteiger partial charge in [-0.15, -0.1) is 0 Å². The first-order valence-electron chi connectivity index (χ1n) is 7.86. The van der Waals surface area contributed by atoms with Crippen LogP contribution in [0.25, 0.3) is 0 Å². The third-order valence-corrected chi connectivity index (χ3v) is 5.19. The first-order valence-corrected chi connectivity index (χ1v) is 9.34. The number of aromatic nitrogens is 2. The number of aryl methyl sites for hydroxylation is 1. The van der Waals surface area contributed by atoms with E-state index in [1.54, 1.807) is 19.1 Å². The number of hydrogen-bond acceptors (Lipinski definition) is 5. The van der Waals surface area contributed by atoms with E-state index < -0.39 is 33.9 Å². The molecule has 0 saturated heterocycles. The van der Waals surface area contributed by atoms with Gasteiger partial charge in [-0.3, -0.25) is 9.89 Å². The second-order valence-electron chi connectivity index (χ2n) is 5.84. The minimum Gasteiger partial charge on any atom is -0.464 e. The van der Waals surface area contributed by atoms with E-state index in [4.69, 9.17) is 4.74 Å². The number of halogens is 3. The van der Waals surface area contributed by atoms with Crippen LogP contribution in [0, 0.1) is 6.92 Å². The number of alkyl halides is 3. The second-order valence-corrected chi connectivity index (χ2v) is 7.56. The van der Waals surface area contributed by atoms with Crippen LogP contribution < -0.4 is 4.72 Å². The lowest BCUT2D eigenvalue weighted by Crippen LogP contribution is -2.39. The first kappa shape index (κ1) is 20.9. The molecule has 1 aromatic carbocycles. The lowest BCUT2D eigenvalue weighted by atomic mass is 10.2. The summed E-state index contributed by atoms with van der Waals surface area (Å²) >= 11 is 0. The van der Waals surface area contributed by atoms with E-state index in [0.717, 1.165) is 11.8 Å². The number of carbonyl (C=O) groups is 1. The van der Waals surface area contributed by atoms with Crippen LogP contribution in [0.2, 0.25) is 0 Å². The molecule has 1 aromatic heterocycles. The number of ether oxygens (including phenoxy) is 1. The Bertz CT molecular complexity index is 892. The SMILES string of the molecule is Cc1ccc(S(=O)(=O)NC(C)C(=O)OCCc2cn[nH]c2C(F)(F)F)cc1. The molecule has 0 spiro atoms. The van der Waals surface area contributed by atoms with E-state index in [0.29, 0.717) is 0 Å². The van der Waals surface area contributed by atoms with Gasteiger partial charge in [0.25, 0.3) is 0 Å². The Morgan fingerprint density at radius 3 is 2.52 bits per heavy atom. The van der Waals surface area contributed by atoms with Crippen molar-refractivity contribution in [1.29, 1.82) is 0 Å². The van der Waals surface area contributed by atoms with E-state index in [2.05, 4.69) is 9.82 Å². The summed E-state index contributed by atoms with van der Waals surface area (Å²) in [5.41, 5.74) is -0.284. The third-order valence-electron chi connectivity index (χ3n) is 3.63. The molecule has 1 heterocycles. The fraction of sp³-hybridized carbons (Fsp3) is 0.375. The van der Waals surface area contributed by atoms with Crippen LogP contribution >= 0.6 is 0 Å². The molecular formula is C16H18F3N3O4S. The maximum atomic E-state index is 12.7. The number of hydrogen-bond donors (Lipinski definition) is 2. The average Bonchev–Trinajstić information content (AvgIpc) is 3.03. The van der Waals surface area contributed by atoms with Crippen LogP contribution in [0.1, 0.15) is 23.7 Å². The summed E-state index contributed by atoms with van der Waals surface area (Å²) < 4.78 is 69.6. The Labute approximate surface area is 154 Å². The number of aromatic amines is 1. The third kappa shape index (κ3) is 5.54. The molecule has 2 rings (SSSR count). The molecule has 27 heavy (non-hydrogen) atoms. The van der Waals surface area contributed by atoms with E-state index in [-0.39, 0.29) is 23.5 Å². The van der Waals surface area contributed by atoms with Gasteiger partial charge in [0, 0.05) is 12.0 Å². The summed E-state index contributed by atoms with van der Waals surface area (Å²) in [5, 5.41) is 5.19. The Balaban J connectivity index is 1.91. The molecular weight excluding hydrogens is 387 g/mol. The van der Waals surface area contributed by atoms with Crippen LogP contribution in [-0.4, -0.2) is 37.2 Å². The molecule has 2 aromatic rings. The molecule has 0 bridgehead atoms. The molecule has 0 aliphatic heterocycles. The Kier molecular flexibility index (Phi) is 6.26. The van der Waals surface area contributed by atoms with Gasteiger partial charge in [0.05, 0.1) is 17.7 Å². The summed E-state index contributed by atoms with van der Waals surface area (Å²) in [6.07, 6.45) is -3.80. The predicted molar refractivity (Wildman–Crippen MR) is 89.2 cm³/mol. The maximum absolute atomic E-state index is 12.7. The molecule has 0 fully saturated rings. The standard InChI is InChI=1S/C16H18F3N3O4S/c1-10-3-5-13(6-4-10)27(24,25)22-11(2)15(23)26-8-7-12-9-20-21-14(12)16(17,18)19/h3-6,9,11,22H,7-8H2,1-2H3,(H,20,21). The van der Waals surface area contributed by atoms with Gasteiger partial charge in [-0.05, 0) is 26.0 Å². The van der Waals surface area contributed by atoms with Crippen molar-refractivity contribution in [1.82, 2.24) is 14.9 Å². The molecule has 7 nitrogen and oxygen atoms in total. The molecule has 11 heteroatoms. The van der Waals surface area contributed by atoms with Gasteiger partial charge < -0.3 is 4.74 Å². The molecule has 1 unspecified atom stereocenters. The van der Waals surface area contributed by atoms with Gasteiger partial charge in [0.1, 0.15) is 11.7 Å². The van der Waals surface area contributed by atoms with Gasteiger partial charge in [-0.1, -0.05) is 17.7 Å². The lowest BCUT2D eigenvalue weighted by molar-refractivity contribution is -0.145. The highest BCUT2D eigenvalue weighted by molar-refractivity contribution is 7.89. The van der Waals surface area contributed by atoms with E-state index >= 15 is 0 Å². The molecule has 148 valence electrons. The summed E-state index contributed by atoms with van der Waals surface area (Å²) in [6.45, 7) is 2.74.